The van der Waals surface area contributed by atoms with Crippen molar-refractivity contribution < 1.29 is 34.4 Å². The van der Waals surface area contributed by atoms with Gasteiger partial charge in [0.25, 0.3) is 0 Å². The smallest absolute Gasteiger partial charge is 0.164 e. The molecule has 3 aromatic heterocycles. The first-order valence-corrected chi connectivity index (χ1v) is 18.4. The number of carbonyl (C=O) groups is 1. The van der Waals surface area contributed by atoms with Crippen molar-refractivity contribution in [2.75, 3.05) is 0 Å². The Morgan fingerprint density at radius 1 is 0.860 bits per heavy atom. The minimum Gasteiger partial charge on any atom is -0.512 e. The summed E-state index contributed by atoms with van der Waals surface area (Å²) in [6.07, 6.45) is 6.58. The minimum atomic E-state index is -0.337. The van der Waals surface area contributed by atoms with E-state index in [-0.39, 0.29) is 47.9 Å². The fraction of sp³-hybridized carbons (Fsp3) is 0.364. The molecule has 0 saturated carbocycles. The molecule has 0 bridgehead atoms. The molecule has 3 heterocycles. The van der Waals surface area contributed by atoms with Crippen LogP contribution in [0.1, 0.15) is 93.6 Å². The number of fused-ring (bicyclic) bond motifs is 3. The Balaban J connectivity index is 0.000000269. The van der Waals surface area contributed by atoms with Gasteiger partial charge in [-0.3, -0.25) is 9.78 Å². The summed E-state index contributed by atoms with van der Waals surface area (Å²) in [6.45, 7) is 18.8. The first-order valence-electron chi connectivity index (χ1n) is 17.5. The van der Waals surface area contributed by atoms with Gasteiger partial charge in [-0.25, -0.2) is 0 Å². The number of benzene rings is 3. The van der Waals surface area contributed by atoms with Gasteiger partial charge in [0, 0.05) is 64.6 Å². The molecule has 3 aromatic carbocycles. The summed E-state index contributed by atoms with van der Waals surface area (Å²) in [4.78, 5) is 16.9. The summed E-state index contributed by atoms with van der Waals surface area (Å²) in [7, 11) is 0. The van der Waals surface area contributed by atoms with E-state index in [4.69, 9.17) is 9.40 Å². The van der Waals surface area contributed by atoms with E-state index in [1.54, 1.807) is 11.3 Å². The molecule has 6 aromatic rings. The summed E-state index contributed by atoms with van der Waals surface area (Å²) in [5.74, 6) is 1.15. The van der Waals surface area contributed by atoms with Crippen LogP contribution in [0.3, 0.4) is 0 Å². The van der Waals surface area contributed by atoms with Crippen LogP contribution in [-0.4, -0.2) is 15.9 Å². The van der Waals surface area contributed by atoms with Gasteiger partial charge in [0.1, 0.15) is 17.1 Å². The van der Waals surface area contributed by atoms with Crippen molar-refractivity contribution in [1.29, 1.82) is 0 Å². The average Bonchev–Trinajstić information content (AvgIpc) is 3.77. The SMILES string of the molecule is CC(C)(C)c1cc(-c2nccc3oc(-c4ccc5ccsc5c4)cc23)[c-]c2ccccc12.CCC(C)(CC)C(=O)/C=C(\O)C(C)(CC)CC.[Ir]. The quantitative estimate of drug-likeness (QED) is 0.0893. The molecule has 0 saturated heterocycles. The Morgan fingerprint density at radius 3 is 2.20 bits per heavy atom. The number of allylic oxidation sites excluding steroid dienone is 2. The van der Waals surface area contributed by atoms with E-state index < -0.39 is 0 Å². The fourth-order valence-electron chi connectivity index (χ4n) is 6.09. The molecule has 0 aliphatic carbocycles. The standard InChI is InChI=1S/C29H22NOS.C15H28O2.Ir/c1-29(2,3)24-15-21(14-19-6-4-5-7-22(19)24)28-23-17-26(31-25(23)10-12-30-28)20-9-8-18-11-13-32-27(18)16-20;1-7-14(5,8-2)12(16)11-13(17)15(6,9-3)10-4;/h4-13,15-17H,1-3H3;11,16H,7-10H2,1-6H3;/q-1;;/b;12-11-;. The van der Waals surface area contributed by atoms with Gasteiger partial charge >= 0.3 is 0 Å². The van der Waals surface area contributed by atoms with Crippen LogP contribution in [0.25, 0.3) is 54.4 Å². The molecule has 0 atom stereocenters. The van der Waals surface area contributed by atoms with Crippen LogP contribution in [0.15, 0.2) is 94.6 Å². The summed E-state index contributed by atoms with van der Waals surface area (Å²) in [5.41, 5.74) is 4.54. The number of rotatable bonds is 9. The summed E-state index contributed by atoms with van der Waals surface area (Å²) in [5, 5.41) is 16.9. The first-order chi connectivity index (χ1) is 23.3. The van der Waals surface area contributed by atoms with Crippen molar-refractivity contribution in [2.24, 2.45) is 10.8 Å². The van der Waals surface area contributed by atoms with E-state index in [9.17, 15) is 9.90 Å². The maximum atomic E-state index is 12.2. The van der Waals surface area contributed by atoms with Gasteiger partial charge in [-0.15, -0.1) is 40.5 Å². The molecule has 0 aliphatic heterocycles. The van der Waals surface area contributed by atoms with Crippen molar-refractivity contribution >= 4 is 48.9 Å². The maximum Gasteiger partial charge on any atom is 0.164 e. The molecule has 4 nitrogen and oxygen atoms in total. The Kier molecular flexibility index (Phi) is 12.4. The van der Waals surface area contributed by atoms with Crippen molar-refractivity contribution in [3.63, 3.8) is 0 Å². The molecule has 6 rings (SSSR count). The zero-order valence-electron chi connectivity index (χ0n) is 30.9. The summed E-state index contributed by atoms with van der Waals surface area (Å²) < 4.78 is 7.54. The van der Waals surface area contributed by atoms with Gasteiger partial charge in [0.05, 0.1) is 0 Å². The van der Waals surface area contributed by atoms with Gasteiger partial charge in [0.2, 0.25) is 0 Å². The number of ketones is 1. The van der Waals surface area contributed by atoms with Gasteiger partial charge in [0.15, 0.2) is 5.78 Å². The molecule has 6 heteroatoms. The van der Waals surface area contributed by atoms with Crippen molar-refractivity contribution in [3.05, 3.63) is 102 Å². The summed E-state index contributed by atoms with van der Waals surface area (Å²) >= 11 is 1.75. The first kappa shape index (κ1) is 39.2. The molecule has 1 radical (unpaired) electrons. The monoisotopic (exact) mass is 865 g/mol. The molecule has 0 aliphatic rings. The van der Waals surface area contributed by atoms with Crippen LogP contribution in [0.4, 0.5) is 0 Å². The Morgan fingerprint density at radius 2 is 1.54 bits per heavy atom. The third-order valence-corrected chi connectivity index (χ3v) is 11.5. The third-order valence-electron chi connectivity index (χ3n) is 10.6. The molecule has 265 valence electrons. The number of hydrogen-bond donors (Lipinski definition) is 1. The molecule has 0 unspecified atom stereocenters. The number of aliphatic hydroxyl groups is 1. The van der Waals surface area contributed by atoms with E-state index >= 15 is 0 Å². The van der Waals surface area contributed by atoms with Crippen LogP contribution in [0, 0.1) is 16.9 Å². The maximum absolute atomic E-state index is 12.2. The fourth-order valence-corrected chi connectivity index (χ4v) is 6.92. The zero-order chi connectivity index (χ0) is 35.6. The van der Waals surface area contributed by atoms with E-state index in [0.29, 0.717) is 0 Å². The second-order valence-corrected chi connectivity index (χ2v) is 15.6. The van der Waals surface area contributed by atoms with Gasteiger partial charge < -0.3 is 9.52 Å². The van der Waals surface area contributed by atoms with E-state index in [2.05, 4.69) is 92.9 Å². The van der Waals surface area contributed by atoms with E-state index in [0.717, 1.165) is 64.6 Å². The predicted octanol–water partition coefficient (Wildman–Crippen LogP) is 13.3. The number of nitrogens with zero attached hydrogens (tertiary/aromatic N) is 1. The summed E-state index contributed by atoms with van der Waals surface area (Å²) in [6, 6.07) is 27.0. The zero-order valence-corrected chi connectivity index (χ0v) is 34.1. The van der Waals surface area contributed by atoms with E-state index in [1.807, 2.05) is 53.8 Å². The predicted molar refractivity (Wildman–Crippen MR) is 208 cm³/mol. The van der Waals surface area contributed by atoms with Crippen molar-refractivity contribution in [2.45, 2.75) is 93.4 Å². The molecular formula is C44H50IrNO3S-. The number of pyridine rings is 1. The van der Waals surface area contributed by atoms with Crippen LogP contribution >= 0.6 is 11.3 Å². The van der Waals surface area contributed by atoms with Crippen LogP contribution in [0.5, 0.6) is 0 Å². The second kappa shape index (κ2) is 15.8. The minimum absolute atomic E-state index is 0. The van der Waals surface area contributed by atoms with Crippen molar-refractivity contribution in [3.8, 4) is 22.6 Å². The number of hydrogen-bond acceptors (Lipinski definition) is 5. The van der Waals surface area contributed by atoms with Crippen LogP contribution in [0.2, 0.25) is 0 Å². The second-order valence-electron chi connectivity index (χ2n) is 14.7. The van der Waals surface area contributed by atoms with Crippen LogP contribution in [-0.2, 0) is 30.3 Å². The normalized spacial score (nSPS) is 12.5. The number of aromatic nitrogens is 1. The third kappa shape index (κ3) is 7.99. The van der Waals surface area contributed by atoms with Gasteiger partial charge in [-0.2, -0.15) is 0 Å². The molecule has 0 amide bonds. The number of furan rings is 1. The number of carbonyl (C=O) groups excluding carboxylic acids is 1. The molecule has 50 heavy (non-hydrogen) atoms. The van der Waals surface area contributed by atoms with Gasteiger partial charge in [-0.1, -0.05) is 104 Å². The molecular weight excluding hydrogens is 815 g/mol. The molecule has 0 fully saturated rings. The van der Waals surface area contributed by atoms with Gasteiger partial charge in [-0.05, 0) is 66.1 Å². The largest absolute Gasteiger partial charge is 0.512 e. The van der Waals surface area contributed by atoms with Crippen LogP contribution < -0.4 is 0 Å². The topological polar surface area (TPSA) is 63.3 Å². The Hall–Kier alpha value is -3.57. The Bertz CT molecular complexity index is 2120. The molecule has 0 spiro atoms. The number of thiophene rings is 1. The average molecular weight is 865 g/mol. The number of aliphatic hydroxyl groups excluding tert-OH is 1. The van der Waals surface area contributed by atoms with E-state index in [1.165, 1.54) is 27.1 Å². The Labute approximate surface area is 315 Å². The molecule has 1 N–H and O–H groups in total. The van der Waals surface area contributed by atoms with Crippen molar-refractivity contribution in [1.82, 2.24) is 4.98 Å².